The van der Waals surface area contributed by atoms with Gasteiger partial charge in [-0.25, -0.2) is 4.98 Å². The summed E-state index contributed by atoms with van der Waals surface area (Å²) in [7, 11) is 0. The normalized spacial score (nSPS) is 12.2. The van der Waals surface area contributed by atoms with Gasteiger partial charge in [0.05, 0.1) is 23.7 Å². The zero-order valence-electron chi connectivity index (χ0n) is 23.1. The van der Waals surface area contributed by atoms with Gasteiger partial charge in [0.25, 0.3) is 0 Å². The van der Waals surface area contributed by atoms with Gasteiger partial charge in [-0.2, -0.15) is 0 Å². The summed E-state index contributed by atoms with van der Waals surface area (Å²) < 4.78 is 14.3. The van der Waals surface area contributed by atoms with Crippen molar-refractivity contribution in [3.8, 4) is 11.5 Å². The summed E-state index contributed by atoms with van der Waals surface area (Å²) in [4.78, 5) is 7.36. The van der Waals surface area contributed by atoms with E-state index < -0.39 is 0 Å². The maximum Gasteiger partial charge on any atom is 0.127 e. The molecule has 0 radical (unpaired) electrons. The fourth-order valence-electron chi connectivity index (χ4n) is 4.78. The molecule has 0 fully saturated rings. The molecule has 3 aromatic carbocycles. The molecule has 202 valence electrons. The van der Waals surface area contributed by atoms with Gasteiger partial charge >= 0.3 is 0 Å². The molecule has 4 aromatic rings. The topological polar surface area (TPSA) is 65.5 Å². The van der Waals surface area contributed by atoms with E-state index in [2.05, 4.69) is 66.6 Å². The molecule has 1 unspecified atom stereocenters. The predicted molar refractivity (Wildman–Crippen MR) is 156 cm³/mol. The van der Waals surface area contributed by atoms with Crippen LogP contribution in [-0.4, -0.2) is 40.7 Å². The van der Waals surface area contributed by atoms with E-state index in [1.165, 1.54) is 0 Å². The monoisotopic (exact) mass is 514 g/mol. The van der Waals surface area contributed by atoms with Crippen molar-refractivity contribution in [1.29, 1.82) is 0 Å². The van der Waals surface area contributed by atoms with Crippen molar-refractivity contribution in [2.24, 2.45) is 5.73 Å². The Morgan fingerprint density at radius 3 is 2.32 bits per heavy atom. The molecule has 0 spiro atoms. The summed E-state index contributed by atoms with van der Waals surface area (Å²) in [6.45, 7) is 11.9. The Morgan fingerprint density at radius 1 is 0.868 bits per heavy atom. The van der Waals surface area contributed by atoms with E-state index in [9.17, 15) is 0 Å². The SMILES string of the molecule is CCCn1c(C(N)Cc2ccc(OCc3ccccc3)cc2)nc2ccc(OCCCN(CC)CC)cc21. The quantitative estimate of drug-likeness (QED) is 0.187. The number of hydrogen-bond acceptors (Lipinski definition) is 5. The summed E-state index contributed by atoms with van der Waals surface area (Å²) >= 11 is 0. The molecule has 6 heteroatoms. The fourth-order valence-corrected chi connectivity index (χ4v) is 4.78. The van der Waals surface area contributed by atoms with E-state index in [1.54, 1.807) is 0 Å². The number of benzene rings is 3. The minimum atomic E-state index is -0.205. The molecule has 2 N–H and O–H groups in total. The van der Waals surface area contributed by atoms with Crippen LogP contribution >= 0.6 is 0 Å². The number of fused-ring (bicyclic) bond motifs is 1. The van der Waals surface area contributed by atoms with Gasteiger partial charge in [-0.3, -0.25) is 0 Å². The van der Waals surface area contributed by atoms with Crippen LogP contribution in [0.25, 0.3) is 11.0 Å². The number of aromatic nitrogens is 2. The fraction of sp³-hybridized carbons (Fsp3) is 0.406. The largest absolute Gasteiger partial charge is 0.493 e. The Hall–Kier alpha value is -3.35. The Balaban J connectivity index is 1.40. The summed E-state index contributed by atoms with van der Waals surface area (Å²) in [5.41, 5.74) is 11.1. The van der Waals surface area contributed by atoms with Gasteiger partial charge in [0.1, 0.15) is 23.9 Å². The second-order valence-electron chi connectivity index (χ2n) is 9.73. The summed E-state index contributed by atoms with van der Waals surface area (Å²) in [6.07, 6.45) is 2.73. The second kappa shape index (κ2) is 14.0. The molecule has 0 saturated carbocycles. The summed E-state index contributed by atoms with van der Waals surface area (Å²) in [5, 5.41) is 0. The number of imidazole rings is 1. The van der Waals surface area contributed by atoms with Crippen LogP contribution < -0.4 is 15.2 Å². The Kier molecular flexibility index (Phi) is 10.2. The maximum absolute atomic E-state index is 6.74. The van der Waals surface area contributed by atoms with Gasteiger partial charge in [-0.15, -0.1) is 0 Å². The number of nitrogens with two attached hydrogens (primary N) is 1. The van der Waals surface area contributed by atoms with E-state index in [4.69, 9.17) is 20.2 Å². The third-order valence-electron chi connectivity index (χ3n) is 6.94. The first kappa shape index (κ1) is 27.7. The molecule has 6 nitrogen and oxygen atoms in total. The lowest BCUT2D eigenvalue weighted by molar-refractivity contribution is 0.249. The summed E-state index contributed by atoms with van der Waals surface area (Å²) in [6, 6.07) is 24.4. The molecule has 4 rings (SSSR count). The van der Waals surface area contributed by atoms with Crippen LogP contribution in [0.2, 0.25) is 0 Å². The molecule has 0 aliphatic rings. The van der Waals surface area contributed by atoms with E-state index in [0.717, 1.165) is 78.5 Å². The zero-order valence-corrected chi connectivity index (χ0v) is 23.1. The van der Waals surface area contributed by atoms with Crippen LogP contribution in [-0.2, 0) is 19.6 Å². The van der Waals surface area contributed by atoms with E-state index in [0.29, 0.717) is 19.6 Å². The van der Waals surface area contributed by atoms with E-state index >= 15 is 0 Å². The first-order valence-electron chi connectivity index (χ1n) is 14.0. The maximum atomic E-state index is 6.74. The average molecular weight is 515 g/mol. The van der Waals surface area contributed by atoms with Gasteiger partial charge in [-0.05, 0) is 67.7 Å². The highest BCUT2D eigenvalue weighted by atomic mass is 16.5. The van der Waals surface area contributed by atoms with Crippen LogP contribution in [0, 0.1) is 0 Å². The molecule has 0 aliphatic carbocycles. The molecule has 1 heterocycles. The van der Waals surface area contributed by atoms with Crippen molar-refractivity contribution in [3.63, 3.8) is 0 Å². The van der Waals surface area contributed by atoms with Gasteiger partial charge in [-0.1, -0.05) is 63.2 Å². The minimum Gasteiger partial charge on any atom is -0.493 e. The number of aryl methyl sites for hydroxylation is 1. The molecule has 38 heavy (non-hydrogen) atoms. The third kappa shape index (κ3) is 7.36. The van der Waals surface area contributed by atoms with Crippen LogP contribution in [0.3, 0.4) is 0 Å². The number of rotatable bonds is 15. The lowest BCUT2D eigenvalue weighted by Crippen LogP contribution is -2.25. The number of nitrogens with zero attached hydrogens (tertiary/aromatic N) is 3. The standard InChI is InChI=1S/C32H42N4O2/c1-4-19-36-31-23-28(37-21-10-20-35(5-2)6-3)17-18-30(31)34-32(36)29(33)22-25-13-15-27(16-14-25)38-24-26-11-8-7-9-12-26/h7-9,11-18,23,29H,4-6,10,19-22,24,33H2,1-3H3. The minimum absolute atomic E-state index is 0.205. The van der Waals surface area contributed by atoms with Crippen molar-refractivity contribution in [2.75, 3.05) is 26.2 Å². The molecule has 0 aliphatic heterocycles. The first-order chi connectivity index (χ1) is 18.6. The highest BCUT2D eigenvalue weighted by Gasteiger charge is 2.18. The highest BCUT2D eigenvalue weighted by molar-refractivity contribution is 5.78. The lowest BCUT2D eigenvalue weighted by atomic mass is 10.1. The van der Waals surface area contributed by atoms with Crippen LogP contribution in [0.15, 0.2) is 72.8 Å². The zero-order chi connectivity index (χ0) is 26.7. The molecule has 1 aromatic heterocycles. The van der Waals surface area contributed by atoms with Gasteiger partial charge < -0.3 is 24.7 Å². The average Bonchev–Trinajstić information content (AvgIpc) is 3.31. The smallest absolute Gasteiger partial charge is 0.127 e. The highest BCUT2D eigenvalue weighted by Crippen LogP contribution is 2.27. The molecular weight excluding hydrogens is 472 g/mol. The predicted octanol–water partition coefficient (Wildman–Crippen LogP) is 6.38. The van der Waals surface area contributed by atoms with Crippen LogP contribution in [0.1, 0.15) is 56.6 Å². The third-order valence-corrected chi connectivity index (χ3v) is 6.94. The molecule has 0 amide bonds. The second-order valence-corrected chi connectivity index (χ2v) is 9.73. The van der Waals surface area contributed by atoms with Crippen LogP contribution in [0.4, 0.5) is 0 Å². The lowest BCUT2D eigenvalue weighted by Gasteiger charge is -2.17. The van der Waals surface area contributed by atoms with Gasteiger partial charge in [0.2, 0.25) is 0 Å². The molecule has 0 bridgehead atoms. The molecule has 0 saturated heterocycles. The Labute approximate surface area is 227 Å². The van der Waals surface area contributed by atoms with Gasteiger partial charge in [0, 0.05) is 19.2 Å². The number of hydrogen-bond donors (Lipinski definition) is 1. The Bertz CT molecular complexity index is 1250. The van der Waals surface area contributed by atoms with Crippen molar-refractivity contribution < 1.29 is 9.47 Å². The van der Waals surface area contributed by atoms with E-state index in [-0.39, 0.29) is 6.04 Å². The van der Waals surface area contributed by atoms with Crippen molar-refractivity contribution in [1.82, 2.24) is 14.5 Å². The van der Waals surface area contributed by atoms with E-state index in [1.807, 2.05) is 36.4 Å². The van der Waals surface area contributed by atoms with Crippen molar-refractivity contribution >= 4 is 11.0 Å². The van der Waals surface area contributed by atoms with Crippen molar-refractivity contribution in [2.45, 2.75) is 59.2 Å². The van der Waals surface area contributed by atoms with Crippen molar-refractivity contribution in [3.05, 3.63) is 89.7 Å². The molecule has 1 atom stereocenters. The van der Waals surface area contributed by atoms with Gasteiger partial charge in [0.15, 0.2) is 0 Å². The number of ether oxygens (including phenoxy) is 2. The van der Waals surface area contributed by atoms with Crippen LogP contribution in [0.5, 0.6) is 11.5 Å². The molecular formula is C32H42N4O2. The first-order valence-corrected chi connectivity index (χ1v) is 14.0. The summed E-state index contributed by atoms with van der Waals surface area (Å²) in [5.74, 6) is 2.67. The Morgan fingerprint density at radius 2 is 1.61 bits per heavy atom.